The summed E-state index contributed by atoms with van der Waals surface area (Å²) >= 11 is 0. The number of hydrogen-bond donors (Lipinski definition) is 2. The average molecular weight is 256 g/mol. The zero-order valence-electron chi connectivity index (χ0n) is 11.7. The van der Waals surface area contributed by atoms with E-state index in [9.17, 15) is 4.79 Å². The number of nitrogens with one attached hydrogen (secondary N) is 1. The lowest BCUT2D eigenvalue weighted by molar-refractivity contribution is -0.122. The zero-order chi connectivity index (χ0) is 14.2. The molecule has 0 saturated heterocycles. The Morgan fingerprint density at radius 3 is 2.44 bits per heavy atom. The molecule has 0 aromatic heterocycles. The van der Waals surface area contributed by atoms with Gasteiger partial charge in [0.2, 0.25) is 5.91 Å². The van der Waals surface area contributed by atoms with Gasteiger partial charge in [-0.1, -0.05) is 0 Å². The third-order valence-electron chi connectivity index (χ3n) is 2.65. The molecule has 0 saturated carbocycles. The van der Waals surface area contributed by atoms with E-state index in [2.05, 4.69) is 5.32 Å². The predicted octanol–water partition coefficient (Wildman–Crippen LogP) is 1.36. The van der Waals surface area contributed by atoms with Crippen LogP contribution in [0.25, 0.3) is 0 Å². The van der Waals surface area contributed by atoms with Crippen LogP contribution < -0.4 is 5.32 Å². The van der Waals surface area contributed by atoms with Crippen LogP contribution in [0.4, 0.5) is 0 Å². The van der Waals surface area contributed by atoms with Gasteiger partial charge in [0.1, 0.15) is 6.42 Å². The first-order chi connectivity index (χ1) is 8.22. The van der Waals surface area contributed by atoms with E-state index in [1.54, 1.807) is 0 Å². The molecule has 0 bridgehead atoms. The first-order valence-corrected chi connectivity index (χ1v) is 6.15. The maximum absolute atomic E-state index is 11.3. The summed E-state index contributed by atoms with van der Waals surface area (Å²) in [5.41, 5.74) is -0.759. The van der Waals surface area contributed by atoms with E-state index < -0.39 is 5.54 Å². The molecule has 2 N–H and O–H groups in total. The van der Waals surface area contributed by atoms with Crippen molar-refractivity contribution in [1.29, 1.82) is 5.26 Å². The summed E-state index contributed by atoms with van der Waals surface area (Å²) in [6.07, 6.45) is 1.10. The van der Waals surface area contributed by atoms with Gasteiger partial charge in [0.05, 0.1) is 11.7 Å². The molecule has 0 spiro atoms. The van der Waals surface area contributed by atoms with Crippen LogP contribution in [0.3, 0.4) is 0 Å². The molecule has 0 heterocycles. The van der Waals surface area contributed by atoms with Crippen LogP contribution in [-0.4, -0.2) is 35.4 Å². The lowest BCUT2D eigenvalue weighted by Crippen LogP contribution is -2.44. The van der Waals surface area contributed by atoms with Crippen molar-refractivity contribution in [3.8, 4) is 6.07 Å². The molecule has 0 fully saturated rings. The number of nitrogens with zero attached hydrogens (tertiary/aromatic N) is 1. The van der Waals surface area contributed by atoms with Crippen molar-refractivity contribution in [2.75, 3.05) is 13.2 Å². The van der Waals surface area contributed by atoms with Crippen molar-refractivity contribution in [1.82, 2.24) is 5.32 Å². The molecule has 0 rings (SSSR count). The molecule has 0 atom stereocenters. The Bertz CT molecular complexity index is 306. The Morgan fingerprint density at radius 1 is 1.33 bits per heavy atom. The molecule has 0 radical (unpaired) electrons. The van der Waals surface area contributed by atoms with E-state index >= 15 is 0 Å². The number of aliphatic hydroxyl groups excluding tert-OH is 1. The van der Waals surface area contributed by atoms with E-state index in [0.29, 0.717) is 19.4 Å². The summed E-state index contributed by atoms with van der Waals surface area (Å²) < 4.78 is 5.67. The van der Waals surface area contributed by atoms with E-state index in [-0.39, 0.29) is 24.5 Å². The summed E-state index contributed by atoms with van der Waals surface area (Å²) in [4.78, 5) is 11.3. The highest BCUT2D eigenvalue weighted by Gasteiger charge is 2.23. The zero-order valence-corrected chi connectivity index (χ0v) is 11.7. The minimum Gasteiger partial charge on any atom is -0.396 e. The van der Waals surface area contributed by atoms with Crippen LogP contribution in [0, 0.1) is 11.3 Å². The molecule has 0 aliphatic heterocycles. The van der Waals surface area contributed by atoms with Crippen LogP contribution in [0.2, 0.25) is 0 Å². The van der Waals surface area contributed by atoms with E-state index in [1.807, 2.05) is 33.8 Å². The fraction of sp³-hybridized carbons (Fsp3) is 0.846. The lowest BCUT2D eigenvalue weighted by atomic mass is 10.0. The van der Waals surface area contributed by atoms with Gasteiger partial charge in [0.25, 0.3) is 0 Å². The number of nitriles is 1. The minimum atomic E-state index is -0.400. The van der Waals surface area contributed by atoms with Gasteiger partial charge in [-0.15, -0.1) is 0 Å². The quantitative estimate of drug-likeness (QED) is 0.687. The van der Waals surface area contributed by atoms with Gasteiger partial charge in [-0.3, -0.25) is 4.79 Å². The molecule has 0 aliphatic carbocycles. The maximum Gasteiger partial charge on any atom is 0.234 e. The highest BCUT2D eigenvalue weighted by atomic mass is 16.5. The average Bonchev–Trinajstić information content (AvgIpc) is 2.15. The summed E-state index contributed by atoms with van der Waals surface area (Å²) in [7, 11) is 0. The van der Waals surface area contributed by atoms with Crippen molar-refractivity contribution < 1.29 is 14.6 Å². The Balaban J connectivity index is 4.04. The van der Waals surface area contributed by atoms with E-state index in [4.69, 9.17) is 15.1 Å². The van der Waals surface area contributed by atoms with Crippen molar-refractivity contribution >= 4 is 5.91 Å². The Kier molecular flexibility index (Phi) is 6.89. The van der Waals surface area contributed by atoms with Gasteiger partial charge in [-0.25, -0.2) is 0 Å². The van der Waals surface area contributed by atoms with Crippen molar-refractivity contribution in [2.24, 2.45) is 0 Å². The molecule has 0 unspecified atom stereocenters. The van der Waals surface area contributed by atoms with Crippen molar-refractivity contribution in [2.45, 2.75) is 58.1 Å². The highest BCUT2D eigenvalue weighted by molar-refractivity contribution is 5.78. The molecule has 104 valence electrons. The first kappa shape index (κ1) is 16.9. The lowest BCUT2D eigenvalue weighted by Gasteiger charge is -2.29. The number of ether oxygens (including phenoxy) is 1. The fourth-order valence-corrected chi connectivity index (χ4v) is 1.48. The molecular weight excluding hydrogens is 232 g/mol. The Labute approximate surface area is 109 Å². The third-order valence-corrected chi connectivity index (χ3v) is 2.65. The second kappa shape index (κ2) is 7.34. The third kappa shape index (κ3) is 8.04. The number of hydrogen-bond acceptors (Lipinski definition) is 4. The minimum absolute atomic E-state index is 0.0926. The van der Waals surface area contributed by atoms with Crippen LogP contribution >= 0.6 is 0 Å². The van der Waals surface area contributed by atoms with Gasteiger partial charge >= 0.3 is 0 Å². The topological polar surface area (TPSA) is 82.3 Å². The molecule has 0 aliphatic rings. The molecule has 5 nitrogen and oxygen atoms in total. The first-order valence-electron chi connectivity index (χ1n) is 6.15. The highest BCUT2D eigenvalue weighted by Crippen LogP contribution is 2.16. The summed E-state index contributed by atoms with van der Waals surface area (Å²) in [6, 6.07) is 1.82. The van der Waals surface area contributed by atoms with E-state index in [1.165, 1.54) is 0 Å². The van der Waals surface area contributed by atoms with Gasteiger partial charge in [0.15, 0.2) is 0 Å². The molecule has 0 aromatic carbocycles. The SMILES string of the molecule is CC(C)(CCOC(C)(C)CCO)NC(=O)CC#N. The van der Waals surface area contributed by atoms with Gasteiger partial charge in [-0.05, 0) is 40.5 Å². The predicted molar refractivity (Wildman–Crippen MR) is 68.8 cm³/mol. The van der Waals surface area contributed by atoms with Gasteiger partial charge < -0.3 is 15.2 Å². The molecule has 1 amide bonds. The second-order valence-electron chi connectivity index (χ2n) is 5.60. The van der Waals surface area contributed by atoms with Crippen molar-refractivity contribution in [3.05, 3.63) is 0 Å². The largest absolute Gasteiger partial charge is 0.396 e. The number of carbonyl (C=O) groups excluding carboxylic acids is 1. The van der Waals surface area contributed by atoms with Gasteiger partial charge in [0, 0.05) is 18.8 Å². The Hall–Kier alpha value is -1.12. The molecule has 0 aromatic rings. The van der Waals surface area contributed by atoms with Crippen LogP contribution in [-0.2, 0) is 9.53 Å². The fourth-order valence-electron chi connectivity index (χ4n) is 1.48. The van der Waals surface area contributed by atoms with Gasteiger partial charge in [-0.2, -0.15) is 5.26 Å². The van der Waals surface area contributed by atoms with Crippen LogP contribution in [0.5, 0.6) is 0 Å². The molecule has 18 heavy (non-hydrogen) atoms. The van der Waals surface area contributed by atoms with Crippen LogP contribution in [0.1, 0.15) is 47.0 Å². The molecule has 5 heteroatoms. The molecular formula is C13H24N2O3. The number of amides is 1. The Morgan fingerprint density at radius 2 is 1.94 bits per heavy atom. The smallest absolute Gasteiger partial charge is 0.234 e. The van der Waals surface area contributed by atoms with Crippen molar-refractivity contribution in [3.63, 3.8) is 0 Å². The summed E-state index contributed by atoms with van der Waals surface area (Å²) in [5.74, 6) is -0.267. The van der Waals surface area contributed by atoms with Crippen LogP contribution in [0.15, 0.2) is 0 Å². The van der Waals surface area contributed by atoms with E-state index in [0.717, 1.165) is 0 Å². The number of carbonyl (C=O) groups is 1. The second-order valence-corrected chi connectivity index (χ2v) is 5.60. The normalized spacial score (nSPS) is 12.0. The standard InChI is InChI=1S/C13H24N2O3/c1-12(2,15-11(17)5-8-14)7-10-18-13(3,4)6-9-16/h16H,5-7,9-10H2,1-4H3,(H,15,17). The maximum atomic E-state index is 11.3. The number of aliphatic hydroxyl groups is 1. The summed E-state index contributed by atoms with van der Waals surface area (Å²) in [6.45, 7) is 8.21. The monoisotopic (exact) mass is 256 g/mol. The summed E-state index contributed by atoms with van der Waals surface area (Å²) in [5, 5.41) is 20.1. The number of rotatable bonds is 8.